The molecule has 7 nitrogen and oxygen atoms in total. The number of amides is 2. The number of hydrogen-bond donors (Lipinski definition) is 0. The molecule has 0 saturated carbocycles. The summed E-state index contributed by atoms with van der Waals surface area (Å²) in [6, 6.07) is 5.76. The number of carbonyl (C=O) groups is 2. The highest BCUT2D eigenvalue weighted by atomic mass is 32.2. The smallest absolute Gasteiger partial charge is 0.266 e. The maximum atomic E-state index is 12.0. The maximum absolute atomic E-state index is 12.0. The third-order valence-electron chi connectivity index (χ3n) is 2.58. The predicted octanol–water partition coefficient (Wildman–Crippen LogP) is 2.11. The molecule has 0 aliphatic carbocycles. The van der Waals surface area contributed by atoms with Gasteiger partial charge in [0.1, 0.15) is 0 Å². The predicted molar refractivity (Wildman–Crippen MR) is 74.6 cm³/mol. The number of non-ortho nitro benzene ring substituents is 1. The van der Waals surface area contributed by atoms with E-state index in [2.05, 4.69) is 0 Å². The Labute approximate surface area is 119 Å². The lowest BCUT2D eigenvalue weighted by molar-refractivity contribution is -0.384. The first-order valence-corrected chi connectivity index (χ1v) is 6.41. The number of carbonyl (C=O) groups excluding carboxylic acids is 2. The molecule has 1 heterocycles. The molecule has 1 aliphatic heterocycles. The van der Waals surface area contributed by atoms with Gasteiger partial charge in [-0.25, -0.2) is 5.01 Å². The number of imide groups is 1. The molecule has 104 valence electrons. The second-order valence-electron chi connectivity index (χ2n) is 4.19. The molecular weight excluding hydrogens is 282 g/mol. The molecule has 1 aromatic carbocycles. The van der Waals surface area contributed by atoms with Crippen molar-refractivity contribution in [3.05, 3.63) is 44.8 Å². The van der Waals surface area contributed by atoms with Crippen LogP contribution < -0.4 is 0 Å². The number of benzene rings is 1. The fourth-order valence-electron chi connectivity index (χ4n) is 1.65. The van der Waals surface area contributed by atoms with Crippen molar-refractivity contribution in [1.29, 1.82) is 0 Å². The van der Waals surface area contributed by atoms with Gasteiger partial charge in [-0.2, -0.15) is 5.01 Å². The van der Waals surface area contributed by atoms with Crippen LogP contribution in [0.1, 0.15) is 5.56 Å². The second kappa shape index (κ2) is 5.43. The molecule has 1 fully saturated rings. The Morgan fingerprint density at radius 2 is 1.85 bits per heavy atom. The molecule has 1 saturated heterocycles. The summed E-state index contributed by atoms with van der Waals surface area (Å²) < 4.78 is 0. The van der Waals surface area contributed by atoms with Crippen molar-refractivity contribution in [2.75, 3.05) is 14.1 Å². The molecule has 2 amide bonds. The second-order valence-corrected chi connectivity index (χ2v) is 5.18. The normalized spacial score (nSPS) is 17.4. The summed E-state index contributed by atoms with van der Waals surface area (Å²) in [4.78, 5) is 34.0. The van der Waals surface area contributed by atoms with Gasteiger partial charge in [0.25, 0.3) is 11.6 Å². The maximum Gasteiger partial charge on any atom is 0.308 e. The van der Waals surface area contributed by atoms with Crippen LogP contribution in [-0.4, -0.2) is 40.2 Å². The standard InChI is InChI=1S/C12H11N3O4S/c1-13(2)14-11(16)10(20-12(14)17)7-8-3-5-9(6-4-8)15(18)19/h3-7H,1-2H3/b10-7+. The summed E-state index contributed by atoms with van der Waals surface area (Å²) in [6.07, 6.45) is 1.54. The van der Waals surface area contributed by atoms with Gasteiger partial charge in [-0.15, -0.1) is 0 Å². The highest BCUT2D eigenvalue weighted by Gasteiger charge is 2.36. The zero-order chi connectivity index (χ0) is 14.9. The van der Waals surface area contributed by atoms with Gasteiger partial charge in [-0.1, -0.05) is 0 Å². The highest BCUT2D eigenvalue weighted by molar-refractivity contribution is 8.18. The molecule has 0 spiro atoms. The van der Waals surface area contributed by atoms with Crippen LogP contribution in [-0.2, 0) is 4.79 Å². The van der Waals surface area contributed by atoms with E-state index >= 15 is 0 Å². The lowest BCUT2D eigenvalue weighted by Crippen LogP contribution is -2.40. The summed E-state index contributed by atoms with van der Waals surface area (Å²) in [7, 11) is 3.20. The first kappa shape index (κ1) is 14.2. The fraction of sp³-hybridized carbons (Fsp3) is 0.167. The molecule has 0 bridgehead atoms. The van der Waals surface area contributed by atoms with Crippen molar-refractivity contribution in [3.8, 4) is 0 Å². The SMILES string of the molecule is CN(C)N1C(=O)S/C(=C/c2ccc([N+](=O)[O-])cc2)C1=O. The van der Waals surface area contributed by atoms with Gasteiger partial charge in [0.15, 0.2) is 0 Å². The average Bonchev–Trinajstić information content (AvgIpc) is 2.65. The summed E-state index contributed by atoms with van der Waals surface area (Å²) in [5.41, 5.74) is 0.600. The van der Waals surface area contributed by atoms with Crippen LogP contribution in [0.3, 0.4) is 0 Å². The van der Waals surface area contributed by atoms with Crippen LogP contribution in [0.15, 0.2) is 29.2 Å². The van der Waals surface area contributed by atoms with E-state index in [1.54, 1.807) is 14.1 Å². The zero-order valence-corrected chi connectivity index (χ0v) is 11.6. The molecule has 0 aromatic heterocycles. The van der Waals surface area contributed by atoms with Crippen LogP contribution in [0, 0.1) is 10.1 Å². The largest absolute Gasteiger partial charge is 0.308 e. The molecule has 0 atom stereocenters. The third-order valence-corrected chi connectivity index (χ3v) is 3.43. The Kier molecular flexibility index (Phi) is 3.86. The first-order chi connectivity index (χ1) is 9.40. The zero-order valence-electron chi connectivity index (χ0n) is 10.8. The quantitative estimate of drug-likeness (QED) is 0.482. The van der Waals surface area contributed by atoms with Gasteiger partial charge in [-0.05, 0) is 35.5 Å². The van der Waals surface area contributed by atoms with Gasteiger partial charge >= 0.3 is 5.24 Å². The number of thioether (sulfide) groups is 1. The molecule has 1 aromatic rings. The Hall–Kier alpha value is -2.19. The summed E-state index contributed by atoms with van der Waals surface area (Å²) in [5.74, 6) is -0.400. The number of hydrogen-bond acceptors (Lipinski definition) is 6. The van der Waals surface area contributed by atoms with Crippen LogP contribution in [0.2, 0.25) is 0 Å². The summed E-state index contributed by atoms with van der Waals surface area (Å²) in [6.45, 7) is 0. The monoisotopic (exact) mass is 293 g/mol. The minimum atomic E-state index is -0.496. The van der Waals surface area contributed by atoms with E-state index in [1.165, 1.54) is 35.4 Å². The molecular formula is C12H11N3O4S. The third kappa shape index (κ3) is 2.70. The Morgan fingerprint density at radius 1 is 1.25 bits per heavy atom. The molecule has 8 heteroatoms. The van der Waals surface area contributed by atoms with Crippen LogP contribution in [0.25, 0.3) is 6.08 Å². The Balaban J connectivity index is 2.26. The number of nitro groups is 1. The lowest BCUT2D eigenvalue weighted by atomic mass is 10.2. The molecule has 20 heavy (non-hydrogen) atoms. The Bertz CT molecular complexity index is 610. The van der Waals surface area contributed by atoms with Gasteiger partial charge in [0, 0.05) is 26.2 Å². The highest BCUT2D eigenvalue weighted by Crippen LogP contribution is 2.32. The van der Waals surface area contributed by atoms with E-state index in [0.29, 0.717) is 5.56 Å². The van der Waals surface area contributed by atoms with Crippen molar-refractivity contribution in [2.45, 2.75) is 0 Å². The van der Waals surface area contributed by atoms with Crippen molar-refractivity contribution >= 4 is 34.7 Å². The van der Waals surface area contributed by atoms with E-state index in [-0.39, 0.29) is 15.8 Å². The van der Waals surface area contributed by atoms with Gasteiger partial charge < -0.3 is 0 Å². The van der Waals surface area contributed by atoms with Crippen LogP contribution >= 0.6 is 11.8 Å². The van der Waals surface area contributed by atoms with E-state index in [0.717, 1.165) is 16.8 Å². The molecule has 0 radical (unpaired) electrons. The average molecular weight is 293 g/mol. The minimum absolute atomic E-state index is 0.0245. The van der Waals surface area contributed by atoms with Gasteiger partial charge in [-0.3, -0.25) is 19.7 Å². The van der Waals surface area contributed by atoms with E-state index < -0.39 is 10.8 Å². The summed E-state index contributed by atoms with van der Waals surface area (Å²) in [5, 5.41) is 12.6. The molecule has 1 aliphatic rings. The van der Waals surface area contributed by atoms with E-state index in [9.17, 15) is 19.7 Å². The molecule has 0 N–H and O–H groups in total. The Morgan fingerprint density at radius 3 is 2.30 bits per heavy atom. The minimum Gasteiger partial charge on any atom is -0.266 e. The van der Waals surface area contributed by atoms with E-state index in [1.807, 2.05) is 0 Å². The van der Waals surface area contributed by atoms with E-state index in [4.69, 9.17) is 0 Å². The van der Waals surface area contributed by atoms with Crippen molar-refractivity contribution < 1.29 is 14.5 Å². The number of hydrazine groups is 1. The number of rotatable bonds is 3. The first-order valence-electron chi connectivity index (χ1n) is 5.60. The molecule has 0 unspecified atom stereocenters. The lowest BCUT2D eigenvalue weighted by Gasteiger charge is -2.19. The van der Waals surface area contributed by atoms with Gasteiger partial charge in [0.05, 0.1) is 9.83 Å². The van der Waals surface area contributed by atoms with Crippen molar-refractivity contribution in [1.82, 2.24) is 10.0 Å². The van der Waals surface area contributed by atoms with Crippen molar-refractivity contribution in [3.63, 3.8) is 0 Å². The van der Waals surface area contributed by atoms with Crippen LogP contribution in [0.5, 0.6) is 0 Å². The summed E-state index contributed by atoms with van der Waals surface area (Å²) >= 11 is 0.838. The number of nitrogens with zero attached hydrogens (tertiary/aromatic N) is 3. The molecule has 2 rings (SSSR count). The van der Waals surface area contributed by atoms with Crippen molar-refractivity contribution in [2.24, 2.45) is 0 Å². The fourth-order valence-corrected chi connectivity index (χ4v) is 2.54. The van der Waals surface area contributed by atoms with Crippen LogP contribution in [0.4, 0.5) is 10.5 Å². The topological polar surface area (TPSA) is 83.8 Å². The number of nitro benzene ring substituents is 1. The van der Waals surface area contributed by atoms with Gasteiger partial charge in [0.2, 0.25) is 0 Å².